The zero-order valence-corrected chi connectivity index (χ0v) is 12.7. The van der Waals surface area contributed by atoms with Crippen molar-refractivity contribution in [2.45, 2.75) is 32.7 Å². The lowest BCUT2D eigenvalue weighted by Gasteiger charge is -2.08. The van der Waals surface area contributed by atoms with Crippen molar-refractivity contribution in [1.82, 2.24) is 9.55 Å². The predicted molar refractivity (Wildman–Crippen MR) is 80.0 cm³/mol. The van der Waals surface area contributed by atoms with Crippen molar-refractivity contribution in [2.24, 2.45) is 0 Å². The highest BCUT2D eigenvalue weighted by Gasteiger charge is 2.13. The van der Waals surface area contributed by atoms with Gasteiger partial charge in [-0.05, 0) is 25.5 Å². The van der Waals surface area contributed by atoms with E-state index in [9.17, 15) is 9.18 Å². The highest BCUT2D eigenvalue weighted by molar-refractivity contribution is 6.17. The van der Waals surface area contributed by atoms with Gasteiger partial charge in [-0.25, -0.2) is 9.37 Å². The molecule has 1 aromatic carbocycles. The lowest BCUT2D eigenvalue weighted by molar-refractivity contribution is -0.143. The summed E-state index contributed by atoms with van der Waals surface area (Å²) in [6, 6.07) is 4.88. The van der Waals surface area contributed by atoms with Crippen molar-refractivity contribution in [2.75, 3.05) is 12.5 Å². The van der Waals surface area contributed by atoms with Crippen LogP contribution in [0.3, 0.4) is 0 Å². The number of aromatic nitrogens is 2. The number of fused-ring (bicyclic) bond motifs is 1. The molecule has 1 aromatic heterocycles. The van der Waals surface area contributed by atoms with Crippen LogP contribution in [-0.4, -0.2) is 28.0 Å². The maximum absolute atomic E-state index is 13.8. The van der Waals surface area contributed by atoms with Gasteiger partial charge in [-0.3, -0.25) is 4.79 Å². The maximum atomic E-state index is 13.8. The van der Waals surface area contributed by atoms with E-state index in [0.717, 1.165) is 11.3 Å². The molecule has 0 amide bonds. The summed E-state index contributed by atoms with van der Waals surface area (Å²) in [6.45, 7) is 2.75. The molecule has 0 aliphatic carbocycles. The second-order valence-electron chi connectivity index (χ2n) is 4.63. The summed E-state index contributed by atoms with van der Waals surface area (Å²) < 4.78 is 20.6. The van der Waals surface area contributed by atoms with Gasteiger partial charge in [0.25, 0.3) is 0 Å². The molecular weight excluding hydrogens is 295 g/mol. The summed E-state index contributed by atoms with van der Waals surface area (Å²) in [5.74, 6) is 0.608. The first kappa shape index (κ1) is 15.8. The summed E-state index contributed by atoms with van der Waals surface area (Å²) in [4.78, 5) is 15.7. The number of benzene rings is 1. The van der Waals surface area contributed by atoms with Gasteiger partial charge in [0, 0.05) is 25.3 Å². The molecule has 2 aromatic rings. The first-order chi connectivity index (χ1) is 10.2. The molecule has 114 valence electrons. The van der Waals surface area contributed by atoms with Gasteiger partial charge in [-0.15, -0.1) is 11.6 Å². The molecule has 0 N–H and O–H groups in total. The average molecular weight is 313 g/mol. The Balaban J connectivity index is 2.18. The number of carbonyl (C=O) groups is 1. The van der Waals surface area contributed by atoms with Gasteiger partial charge in [-0.1, -0.05) is 6.07 Å². The van der Waals surface area contributed by atoms with Gasteiger partial charge in [0.2, 0.25) is 0 Å². The topological polar surface area (TPSA) is 44.1 Å². The Labute approximate surface area is 127 Å². The number of hydrogen-bond donors (Lipinski definition) is 0. The molecule has 0 aliphatic rings. The monoisotopic (exact) mass is 312 g/mol. The van der Waals surface area contributed by atoms with Gasteiger partial charge in [0.05, 0.1) is 12.1 Å². The van der Waals surface area contributed by atoms with E-state index in [1.165, 1.54) is 6.07 Å². The lowest BCUT2D eigenvalue weighted by Crippen LogP contribution is -2.09. The fourth-order valence-electron chi connectivity index (χ4n) is 2.30. The van der Waals surface area contributed by atoms with E-state index in [0.29, 0.717) is 43.8 Å². The quantitative estimate of drug-likeness (QED) is 0.582. The minimum atomic E-state index is -0.340. The van der Waals surface area contributed by atoms with Crippen LogP contribution < -0.4 is 0 Å². The number of aryl methyl sites for hydroxylation is 2. The molecule has 0 saturated heterocycles. The first-order valence-electron chi connectivity index (χ1n) is 7.02. The van der Waals surface area contributed by atoms with Crippen molar-refractivity contribution >= 4 is 28.6 Å². The molecule has 6 heteroatoms. The van der Waals surface area contributed by atoms with Crippen LogP contribution in [0.5, 0.6) is 0 Å². The molecule has 21 heavy (non-hydrogen) atoms. The number of carbonyl (C=O) groups excluding carboxylic acids is 1. The molecule has 0 fully saturated rings. The Morgan fingerprint density at radius 1 is 1.48 bits per heavy atom. The van der Waals surface area contributed by atoms with Crippen LogP contribution in [0.25, 0.3) is 11.0 Å². The second-order valence-corrected chi connectivity index (χ2v) is 5.01. The molecule has 0 radical (unpaired) electrons. The van der Waals surface area contributed by atoms with Crippen LogP contribution in [0.15, 0.2) is 18.2 Å². The van der Waals surface area contributed by atoms with Crippen LogP contribution in [0.1, 0.15) is 25.6 Å². The fraction of sp³-hybridized carbons (Fsp3) is 0.467. The number of imidazole rings is 1. The van der Waals surface area contributed by atoms with Gasteiger partial charge in [0.1, 0.15) is 11.3 Å². The Morgan fingerprint density at radius 2 is 2.29 bits per heavy atom. The van der Waals surface area contributed by atoms with E-state index in [-0.39, 0.29) is 11.8 Å². The van der Waals surface area contributed by atoms with E-state index in [4.69, 9.17) is 16.3 Å². The molecule has 0 saturated carbocycles. The Hall–Kier alpha value is -1.62. The van der Waals surface area contributed by atoms with Crippen molar-refractivity contribution in [1.29, 1.82) is 0 Å². The number of halogens is 2. The molecular formula is C15H18ClFN2O2. The van der Waals surface area contributed by atoms with Gasteiger partial charge < -0.3 is 9.30 Å². The predicted octanol–water partition coefficient (Wildman–Crippen LogP) is 3.30. The standard InChI is InChI=1S/C15H18ClFN2O2/c1-2-21-14(20)7-4-10-19-12-6-3-5-11(17)15(12)18-13(19)8-9-16/h3,5-6H,2,4,7-10H2,1H3. The largest absolute Gasteiger partial charge is 0.466 e. The highest BCUT2D eigenvalue weighted by atomic mass is 35.5. The fourth-order valence-corrected chi connectivity index (χ4v) is 2.47. The average Bonchev–Trinajstić information content (AvgIpc) is 2.80. The Morgan fingerprint density at radius 3 is 3.00 bits per heavy atom. The summed E-state index contributed by atoms with van der Waals surface area (Å²) in [6.07, 6.45) is 1.52. The summed E-state index contributed by atoms with van der Waals surface area (Å²) >= 11 is 5.78. The number of ether oxygens (including phenoxy) is 1. The molecule has 0 bridgehead atoms. The third kappa shape index (κ3) is 3.73. The minimum absolute atomic E-state index is 0.216. The highest BCUT2D eigenvalue weighted by Crippen LogP contribution is 2.20. The molecule has 1 heterocycles. The summed E-state index contributed by atoms with van der Waals surface area (Å²) in [5.41, 5.74) is 1.09. The maximum Gasteiger partial charge on any atom is 0.305 e. The molecule has 0 unspecified atom stereocenters. The number of hydrogen-bond acceptors (Lipinski definition) is 3. The van der Waals surface area contributed by atoms with Gasteiger partial charge in [-0.2, -0.15) is 0 Å². The second kappa shape index (κ2) is 7.41. The van der Waals surface area contributed by atoms with Crippen LogP contribution in [0.2, 0.25) is 0 Å². The minimum Gasteiger partial charge on any atom is -0.466 e. The van der Waals surface area contributed by atoms with Crippen LogP contribution in [0.4, 0.5) is 4.39 Å². The van der Waals surface area contributed by atoms with E-state index in [1.54, 1.807) is 13.0 Å². The van der Waals surface area contributed by atoms with Crippen molar-refractivity contribution in [3.05, 3.63) is 29.8 Å². The Bertz CT molecular complexity index is 627. The van der Waals surface area contributed by atoms with Crippen LogP contribution in [0, 0.1) is 5.82 Å². The number of para-hydroxylation sites is 1. The number of rotatable bonds is 7. The van der Waals surface area contributed by atoms with Gasteiger partial charge >= 0.3 is 5.97 Å². The van der Waals surface area contributed by atoms with Gasteiger partial charge in [0.15, 0.2) is 5.82 Å². The first-order valence-corrected chi connectivity index (χ1v) is 7.56. The van der Waals surface area contributed by atoms with Crippen molar-refractivity contribution < 1.29 is 13.9 Å². The zero-order chi connectivity index (χ0) is 15.2. The third-order valence-electron chi connectivity index (χ3n) is 3.19. The van der Waals surface area contributed by atoms with Crippen LogP contribution >= 0.6 is 11.6 Å². The lowest BCUT2D eigenvalue weighted by atomic mass is 10.2. The molecule has 2 rings (SSSR count). The molecule has 0 spiro atoms. The van der Waals surface area contributed by atoms with Crippen molar-refractivity contribution in [3.8, 4) is 0 Å². The SMILES string of the molecule is CCOC(=O)CCCn1c(CCCl)nc2c(F)cccc21. The van der Waals surface area contributed by atoms with E-state index in [2.05, 4.69) is 4.98 Å². The number of nitrogens with zero attached hydrogens (tertiary/aromatic N) is 2. The zero-order valence-electron chi connectivity index (χ0n) is 11.9. The smallest absolute Gasteiger partial charge is 0.305 e. The summed E-state index contributed by atoms with van der Waals surface area (Å²) in [5, 5.41) is 0. The number of alkyl halides is 1. The third-order valence-corrected chi connectivity index (χ3v) is 3.38. The normalized spacial score (nSPS) is 11.0. The Kier molecular flexibility index (Phi) is 5.56. The molecule has 0 aliphatic heterocycles. The molecule has 4 nitrogen and oxygen atoms in total. The number of esters is 1. The van der Waals surface area contributed by atoms with Crippen molar-refractivity contribution in [3.63, 3.8) is 0 Å². The van der Waals surface area contributed by atoms with E-state index < -0.39 is 0 Å². The molecule has 0 atom stereocenters. The summed E-state index contributed by atoms with van der Waals surface area (Å²) in [7, 11) is 0. The van der Waals surface area contributed by atoms with Crippen LogP contribution in [-0.2, 0) is 22.5 Å². The van der Waals surface area contributed by atoms with E-state index in [1.807, 2.05) is 10.6 Å². The van der Waals surface area contributed by atoms with E-state index >= 15 is 0 Å².